The molecule has 0 saturated carbocycles. The predicted octanol–water partition coefficient (Wildman–Crippen LogP) is 3.01. The molecule has 0 bridgehead atoms. The van der Waals surface area contributed by atoms with Crippen molar-refractivity contribution in [3.05, 3.63) is 50.9 Å². The lowest BCUT2D eigenvalue weighted by molar-refractivity contribution is -0.146. The van der Waals surface area contributed by atoms with Crippen LogP contribution in [0.1, 0.15) is 31.2 Å². The smallest absolute Gasteiger partial charge is 0.348 e. The Bertz CT molecular complexity index is 954. The van der Waals surface area contributed by atoms with E-state index in [1.165, 1.54) is 21.1 Å². The Hall–Kier alpha value is -2.91. The summed E-state index contributed by atoms with van der Waals surface area (Å²) in [5.74, 6) is -2.69. The standard InChI is InChI=1S/C19H18ClNO7S/c1-10-15(18(24)26-2)17(29-16(10)19(25)27-3)21-13(22)9-28-14(23)8-11-6-4-5-7-12(11)20/h4-7H,8-9H2,1-3H3,(H,21,22). The Balaban J connectivity index is 2.06. The van der Waals surface area contributed by atoms with Gasteiger partial charge < -0.3 is 19.5 Å². The molecule has 0 aliphatic rings. The summed E-state index contributed by atoms with van der Waals surface area (Å²) in [6.45, 7) is 0.961. The third-order valence-corrected chi connectivity index (χ3v) is 5.37. The monoisotopic (exact) mass is 439 g/mol. The van der Waals surface area contributed by atoms with E-state index in [2.05, 4.69) is 10.1 Å². The van der Waals surface area contributed by atoms with Crippen molar-refractivity contribution in [1.82, 2.24) is 0 Å². The Morgan fingerprint density at radius 1 is 1.07 bits per heavy atom. The van der Waals surface area contributed by atoms with Crippen LogP contribution in [0.5, 0.6) is 0 Å². The summed E-state index contributed by atoms with van der Waals surface area (Å²) in [4.78, 5) is 48.2. The Morgan fingerprint density at radius 2 is 1.72 bits per heavy atom. The SMILES string of the molecule is COC(=O)c1sc(NC(=O)COC(=O)Cc2ccccc2Cl)c(C(=O)OC)c1C. The van der Waals surface area contributed by atoms with Gasteiger partial charge in [-0.25, -0.2) is 9.59 Å². The third kappa shape index (κ3) is 5.55. The van der Waals surface area contributed by atoms with Crippen LogP contribution in [0, 0.1) is 6.92 Å². The van der Waals surface area contributed by atoms with Crippen LogP contribution in [0.25, 0.3) is 0 Å². The topological polar surface area (TPSA) is 108 Å². The molecule has 154 valence electrons. The van der Waals surface area contributed by atoms with Crippen LogP contribution in [-0.2, 0) is 30.2 Å². The molecule has 2 aromatic rings. The van der Waals surface area contributed by atoms with Crippen molar-refractivity contribution in [3.63, 3.8) is 0 Å². The number of carbonyl (C=O) groups excluding carboxylic acids is 4. The summed E-state index contributed by atoms with van der Waals surface area (Å²) in [5.41, 5.74) is 0.928. The summed E-state index contributed by atoms with van der Waals surface area (Å²) in [6, 6.07) is 6.78. The molecule has 0 aliphatic carbocycles. The number of methoxy groups -OCH3 is 2. The molecule has 1 N–H and O–H groups in total. The number of benzene rings is 1. The number of esters is 3. The van der Waals surface area contributed by atoms with Crippen molar-refractivity contribution in [1.29, 1.82) is 0 Å². The highest BCUT2D eigenvalue weighted by Gasteiger charge is 2.27. The fraction of sp³-hybridized carbons (Fsp3) is 0.263. The normalized spacial score (nSPS) is 10.2. The molecule has 8 nitrogen and oxygen atoms in total. The second kappa shape index (κ2) is 10.0. The molecule has 0 radical (unpaired) electrons. The van der Waals surface area contributed by atoms with Crippen molar-refractivity contribution in [2.45, 2.75) is 13.3 Å². The number of ether oxygens (including phenoxy) is 3. The lowest BCUT2D eigenvalue weighted by atomic mass is 10.1. The molecule has 10 heteroatoms. The van der Waals surface area contributed by atoms with Crippen molar-refractivity contribution in [2.24, 2.45) is 0 Å². The van der Waals surface area contributed by atoms with Crippen LogP contribution in [0.4, 0.5) is 5.00 Å². The molecule has 1 aromatic carbocycles. The molecule has 0 atom stereocenters. The maximum absolute atomic E-state index is 12.2. The number of halogens is 1. The van der Waals surface area contributed by atoms with Crippen LogP contribution in [-0.4, -0.2) is 44.6 Å². The molecule has 0 spiro atoms. The Labute approximate surface area is 175 Å². The zero-order valence-electron chi connectivity index (χ0n) is 15.9. The number of hydrogen-bond acceptors (Lipinski definition) is 8. The van der Waals surface area contributed by atoms with Crippen molar-refractivity contribution in [2.75, 3.05) is 26.1 Å². The first kappa shape index (κ1) is 22.4. The van der Waals surface area contributed by atoms with Gasteiger partial charge in [0.05, 0.1) is 26.2 Å². The average Bonchev–Trinajstić information content (AvgIpc) is 3.02. The lowest BCUT2D eigenvalue weighted by Gasteiger charge is -2.08. The number of rotatable bonds is 7. The van der Waals surface area contributed by atoms with Crippen LogP contribution in [0.3, 0.4) is 0 Å². The first-order chi connectivity index (χ1) is 13.8. The van der Waals surface area contributed by atoms with E-state index < -0.39 is 30.4 Å². The summed E-state index contributed by atoms with van der Waals surface area (Å²) in [5, 5.41) is 2.98. The maximum atomic E-state index is 12.2. The van der Waals surface area contributed by atoms with E-state index in [1.54, 1.807) is 24.3 Å². The summed E-state index contributed by atoms with van der Waals surface area (Å²) in [6.07, 6.45) is -0.0923. The summed E-state index contributed by atoms with van der Waals surface area (Å²) in [7, 11) is 2.38. The molecule has 0 unspecified atom stereocenters. The van der Waals surface area contributed by atoms with Gasteiger partial charge in [-0.15, -0.1) is 11.3 Å². The fourth-order valence-electron chi connectivity index (χ4n) is 2.39. The van der Waals surface area contributed by atoms with E-state index >= 15 is 0 Å². The molecular formula is C19H18ClNO7S. The number of amides is 1. The number of anilines is 1. The molecule has 0 aliphatic heterocycles. The van der Waals surface area contributed by atoms with Crippen LogP contribution in [0.15, 0.2) is 24.3 Å². The van der Waals surface area contributed by atoms with Crippen molar-refractivity contribution < 1.29 is 33.4 Å². The van der Waals surface area contributed by atoms with Gasteiger partial charge in [-0.2, -0.15) is 0 Å². The van der Waals surface area contributed by atoms with Crippen LogP contribution >= 0.6 is 22.9 Å². The van der Waals surface area contributed by atoms with Gasteiger partial charge in [0.15, 0.2) is 6.61 Å². The Kier molecular flexibility index (Phi) is 7.74. The highest BCUT2D eigenvalue weighted by molar-refractivity contribution is 7.18. The number of hydrogen-bond donors (Lipinski definition) is 1. The summed E-state index contributed by atoms with van der Waals surface area (Å²) >= 11 is 6.85. The minimum absolute atomic E-state index is 0.0358. The van der Waals surface area contributed by atoms with E-state index in [4.69, 9.17) is 21.1 Å². The van der Waals surface area contributed by atoms with E-state index in [0.29, 0.717) is 16.1 Å². The highest BCUT2D eigenvalue weighted by atomic mass is 35.5. The molecule has 0 saturated heterocycles. The largest absolute Gasteiger partial charge is 0.465 e. The second-order valence-electron chi connectivity index (χ2n) is 5.72. The zero-order chi connectivity index (χ0) is 21.6. The van der Waals surface area contributed by atoms with Crippen LogP contribution in [0.2, 0.25) is 5.02 Å². The van der Waals surface area contributed by atoms with E-state index in [1.807, 2.05) is 0 Å². The lowest BCUT2D eigenvalue weighted by Crippen LogP contribution is -2.22. The van der Waals surface area contributed by atoms with Gasteiger partial charge in [0.1, 0.15) is 9.88 Å². The minimum Gasteiger partial charge on any atom is -0.465 e. The van der Waals surface area contributed by atoms with Crippen LogP contribution < -0.4 is 5.32 Å². The second-order valence-corrected chi connectivity index (χ2v) is 7.15. The van der Waals surface area contributed by atoms with Gasteiger partial charge in [-0.05, 0) is 24.1 Å². The van der Waals surface area contributed by atoms with Gasteiger partial charge in [0.2, 0.25) is 0 Å². The highest BCUT2D eigenvalue weighted by Crippen LogP contribution is 2.34. The number of thiophene rings is 1. The van der Waals surface area contributed by atoms with Gasteiger partial charge >= 0.3 is 17.9 Å². The molecule has 1 amide bonds. The fourth-order valence-corrected chi connectivity index (χ4v) is 3.73. The first-order valence-electron chi connectivity index (χ1n) is 8.27. The summed E-state index contributed by atoms with van der Waals surface area (Å²) < 4.78 is 14.3. The Morgan fingerprint density at radius 3 is 2.34 bits per heavy atom. The average molecular weight is 440 g/mol. The number of nitrogens with one attached hydrogen (secondary N) is 1. The molecular weight excluding hydrogens is 422 g/mol. The maximum Gasteiger partial charge on any atom is 0.348 e. The number of carbonyl (C=O) groups is 4. The van der Waals surface area contributed by atoms with Gasteiger partial charge in [-0.3, -0.25) is 9.59 Å². The van der Waals surface area contributed by atoms with Gasteiger partial charge in [-0.1, -0.05) is 29.8 Å². The van der Waals surface area contributed by atoms with Gasteiger partial charge in [0.25, 0.3) is 5.91 Å². The minimum atomic E-state index is -0.722. The van der Waals surface area contributed by atoms with Crippen molar-refractivity contribution >= 4 is 51.8 Å². The van der Waals surface area contributed by atoms with E-state index in [0.717, 1.165) is 11.3 Å². The molecule has 29 heavy (non-hydrogen) atoms. The van der Waals surface area contributed by atoms with E-state index in [9.17, 15) is 19.2 Å². The quantitative estimate of drug-likeness (QED) is 0.521. The first-order valence-corrected chi connectivity index (χ1v) is 9.46. The zero-order valence-corrected chi connectivity index (χ0v) is 17.4. The molecule has 2 rings (SSSR count). The molecule has 1 heterocycles. The van der Waals surface area contributed by atoms with Crippen molar-refractivity contribution in [3.8, 4) is 0 Å². The third-order valence-electron chi connectivity index (χ3n) is 3.82. The van der Waals surface area contributed by atoms with E-state index in [-0.39, 0.29) is 21.9 Å². The molecule has 1 aromatic heterocycles. The predicted molar refractivity (Wildman–Crippen MR) is 106 cm³/mol. The van der Waals surface area contributed by atoms with Gasteiger partial charge in [0, 0.05) is 5.02 Å². The molecule has 0 fully saturated rings.